The van der Waals surface area contributed by atoms with E-state index in [1.807, 2.05) is 29.0 Å². The molecule has 0 fully saturated rings. The first-order valence-electron chi connectivity index (χ1n) is 11.2. The number of imidazole rings is 1. The van der Waals surface area contributed by atoms with Gasteiger partial charge >= 0.3 is 0 Å². The molecule has 1 atom stereocenters. The summed E-state index contributed by atoms with van der Waals surface area (Å²) >= 11 is 12.4. The molecule has 0 radical (unpaired) electrons. The number of hydrogen-bond donors (Lipinski definition) is 1. The Balaban J connectivity index is 1.69. The van der Waals surface area contributed by atoms with E-state index in [1.54, 1.807) is 12.5 Å². The van der Waals surface area contributed by atoms with Crippen molar-refractivity contribution < 1.29 is 14.6 Å². The van der Waals surface area contributed by atoms with E-state index in [2.05, 4.69) is 44.0 Å². The second-order valence-corrected chi connectivity index (χ2v) is 9.35. The third-order valence-electron chi connectivity index (χ3n) is 5.75. The van der Waals surface area contributed by atoms with Gasteiger partial charge in [-0.25, -0.2) is 4.98 Å². The zero-order valence-corrected chi connectivity index (χ0v) is 20.9. The molecule has 0 aliphatic heterocycles. The van der Waals surface area contributed by atoms with Gasteiger partial charge in [-0.3, -0.25) is 0 Å². The van der Waals surface area contributed by atoms with Crippen LogP contribution in [-0.2, 0) is 18.4 Å². The van der Waals surface area contributed by atoms with Crippen molar-refractivity contribution in [3.8, 4) is 11.5 Å². The normalized spacial score (nSPS) is 12.5. The predicted molar refractivity (Wildman–Crippen MR) is 134 cm³/mol. The molecule has 5 nitrogen and oxygen atoms in total. The van der Waals surface area contributed by atoms with Gasteiger partial charge in [0.25, 0.3) is 0 Å². The minimum atomic E-state index is -0.616. The molecule has 0 saturated carbocycles. The van der Waals surface area contributed by atoms with Crippen LogP contribution < -0.4 is 9.47 Å². The molecule has 0 saturated heterocycles. The number of ether oxygens (including phenoxy) is 2. The fourth-order valence-electron chi connectivity index (χ4n) is 3.68. The highest BCUT2D eigenvalue weighted by Crippen LogP contribution is 2.39. The number of hydrogen-bond acceptors (Lipinski definition) is 4. The Morgan fingerprint density at radius 3 is 2.52 bits per heavy atom. The summed E-state index contributed by atoms with van der Waals surface area (Å²) in [5.41, 5.74) is 3.09. The molecular formula is C26H32Cl2N2O3. The van der Waals surface area contributed by atoms with Crippen molar-refractivity contribution in [1.29, 1.82) is 0 Å². The van der Waals surface area contributed by atoms with Crippen LogP contribution in [0.5, 0.6) is 11.5 Å². The van der Waals surface area contributed by atoms with Crippen molar-refractivity contribution in [2.45, 2.75) is 51.7 Å². The van der Waals surface area contributed by atoms with Crippen molar-refractivity contribution in [3.05, 3.63) is 76.8 Å². The number of aliphatic hydroxyl groups excluding tert-OH is 1. The van der Waals surface area contributed by atoms with Crippen LogP contribution in [0.3, 0.4) is 0 Å². The van der Waals surface area contributed by atoms with Gasteiger partial charge in [0, 0.05) is 23.7 Å². The lowest BCUT2D eigenvalue weighted by molar-refractivity contribution is 0.0924. The Morgan fingerprint density at radius 1 is 1.12 bits per heavy atom. The molecule has 178 valence electrons. The number of halogens is 2. The van der Waals surface area contributed by atoms with Crippen LogP contribution in [-0.4, -0.2) is 39.9 Å². The van der Waals surface area contributed by atoms with Crippen LogP contribution in [0.25, 0.3) is 0 Å². The molecular weight excluding hydrogens is 459 g/mol. The lowest BCUT2D eigenvalue weighted by Gasteiger charge is -2.28. The second kappa shape index (κ2) is 11.8. The Morgan fingerprint density at radius 2 is 1.88 bits per heavy atom. The third kappa shape index (κ3) is 6.66. The fourth-order valence-corrected chi connectivity index (χ4v) is 4.08. The SMILES string of the molecule is CCc1cc(C(C)(C)c2ccc(OCC(O)Cn3ccnc3)cc2)cc(Cl)c1OCCCCl. The highest BCUT2D eigenvalue weighted by Gasteiger charge is 2.25. The van der Waals surface area contributed by atoms with E-state index in [0.717, 1.165) is 41.0 Å². The van der Waals surface area contributed by atoms with Gasteiger partial charge < -0.3 is 19.1 Å². The second-order valence-electron chi connectivity index (χ2n) is 8.56. The molecule has 2 aromatic carbocycles. The number of aromatic nitrogens is 2. The van der Waals surface area contributed by atoms with Gasteiger partial charge in [0.15, 0.2) is 0 Å². The van der Waals surface area contributed by atoms with Gasteiger partial charge in [0.1, 0.15) is 24.2 Å². The molecule has 0 aliphatic carbocycles. The molecule has 1 unspecified atom stereocenters. The van der Waals surface area contributed by atoms with E-state index >= 15 is 0 Å². The predicted octanol–water partition coefficient (Wildman–Crippen LogP) is 5.87. The van der Waals surface area contributed by atoms with Gasteiger partial charge in [-0.1, -0.05) is 50.6 Å². The maximum absolute atomic E-state index is 10.2. The van der Waals surface area contributed by atoms with Crippen molar-refractivity contribution in [2.75, 3.05) is 19.1 Å². The Bertz CT molecular complexity index is 1010. The molecule has 3 rings (SSSR count). The molecule has 7 heteroatoms. The zero-order chi connectivity index (χ0) is 23.8. The Labute approximate surface area is 206 Å². The van der Waals surface area contributed by atoms with Crippen molar-refractivity contribution in [2.24, 2.45) is 0 Å². The van der Waals surface area contributed by atoms with Crippen LogP contribution >= 0.6 is 23.2 Å². The summed E-state index contributed by atoms with van der Waals surface area (Å²) in [6.45, 7) is 7.66. The number of aliphatic hydroxyl groups is 1. The average Bonchev–Trinajstić information content (AvgIpc) is 3.31. The van der Waals surface area contributed by atoms with E-state index in [9.17, 15) is 5.11 Å². The standard InChI is InChI=1S/C26H32Cl2N2O3/c1-4-19-14-21(15-24(28)25(19)32-13-5-10-27)26(2,3)20-6-8-23(9-7-20)33-17-22(31)16-30-12-11-29-18-30/h6-9,11-12,14-15,18,22,31H,4-5,10,13,16-17H2,1-3H3. The van der Waals surface area contributed by atoms with Gasteiger partial charge in [-0.2, -0.15) is 0 Å². The van der Waals surface area contributed by atoms with Crippen LogP contribution in [0.15, 0.2) is 55.1 Å². The molecule has 1 aromatic heterocycles. The number of benzene rings is 2. The highest BCUT2D eigenvalue weighted by molar-refractivity contribution is 6.32. The number of aryl methyl sites for hydroxylation is 1. The lowest BCUT2D eigenvalue weighted by atomic mass is 9.77. The monoisotopic (exact) mass is 490 g/mol. The molecule has 1 heterocycles. The van der Waals surface area contributed by atoms with Crippen LogP contribution in [0.4, 0.5) is 0 Å². The average molecular weight is 491 g/mol. The van der Waals surface area contributed by atoms with Crippen molar-refractivity contribution in [1.82, 2.24) is 9.55 Å². The highest BCUT2D eigenvalue weighted by atomic mass is 35.5. The Kier molecular flexibility index (Phi) is 9.07. The molecule has 0 aliphatic rings. The fraction of sp³-hybridized carbons (Fsp3) is 0.423. The maximum Gasteiger partial charge on any atom is 0.141 e. The lowest BCUT2D eigenvalue weighted by Crippen LogP contribution is -2.23. The van der Waals surface area contributed by atoms with E-state index in [4.69, 9.17) is 32.7 Å². The number of nitrogens with zero attached hydrogens (tertiary/aromatic N) is 2. The first-order chi connectivity index (χ1) is 15.8. The first kappa shape index (κ1) is 25.4. The third-order valence-corrected chi connectivity index (χ3v) is 6.29. The zero-order valence-electron chi connectivity index (χ0n) is 19.4. The summed E-state index contributed by atoms with van der Waals surface area (Å²) in [4.78, 5) is 3.98. The maximum atomic E-state index is 10.2. The molecule has 3 aromatic rings. The quantitative estimate of drug-likeness (QED) is 0.254. The van der Waals surface area contributed by atoms with Gasteiger partial charge in [0.2, 0.25) is 0 Å². The van der Waals surface area contributed by atoms with E-state index < -0.39 is 6.10 Å². The van der Waals surface area contributed by atoms with E-state index in [0.29, 0.717) is 24.1 Å². The Hall–Kier alpha value is -2.21. The van der Waals surface area contributed by atoms with Crippen LogP contribution in [0.2, 0.25) is 5.02 Å². The smallest absolute Gasteiger partial charge is 0.141 e. The van der Waals surface area contributed by atoms with Crippen molar-refractivity contribution in [3.63, 3.8) is 0 Å². The molecule has 0 spiro atoms. The van der Waals surface area contributed by atoms with E-state index in [1.165, 1.54) is 0 Å². The number of rotatable bonds is 12. The summed E-state index contributed by atoms with van der Waals surface area (Å²) in [5, 5.41) is 10.8. The molecule has 33 heavy (non-hydrogen) atoms. The topological polar surface area (TPSA) is 56.5 Å². The number of alkyl halides is 1. The summed E-state index contributed by atoms with van der Waals surface area (Å²) in [7, 11) is 0. The summed E-state index contributed by atoms with van der Waals surface area (Å²) in [5.74, 6) is 2.03. The first-order valence-corrected chi connectivity index (χ1v) is 12.1. The minimum absolute atomic E-state index is 0.210. The molecule has 0 bridgehead atoms. The van der Waals surface area contributed by atoms with Gasteiger partial charge in [-0.05, 0) is 47.7 Å². The van der Waals surface area contributed by atoms with Crippen molar-refractivity contribution >= 4 is 23.2 Å². The van der Waals surface area contributed by atoms with E-state index in [-0.39, 0.29) is 12.0 Å². The summed E-state index contributed by atoms with van der Waals surface area (Å²) in [6.07, 6.45) is 6.17. The van der Waals surface area contributed by atoms with Gasteiger partial charge in [0.05, 0.1) is 24.5 Å². The summed E-state index contributed by atoms with van der Waals surface area (Å²) < 4.78 is 13.5. The minimum Gasteiger partial charge on any atom is -0.492 e. The largest absolute Gasteiger partial charge is 0.492 e. The molecule has 0 amide bonds. The van der Waals surface area contributed by atoms with Gasteiger partial charge in [-0.15, -0.1) is 11.6 Å². The van der Waals surface area contributed by atoms with Crippen LogP contribution in [0.1, 0.15) is 43.9 Å². The molecule has 1 N–H and O–H groups in total. The van der Waals surface area contributed by atoms with Crippen LogP contribution in [0, 0.1) is 0 Å². The summed E-state index contributed by atoms with van der Waals surface area (Å²) in [6, 6.07) is 12.2.